The van der Waals surface area contributed by atoms with Crippen LogP contribution in [0.15, 0.2) is 17.4 Å². The molecule has 2 rings (SSSR count). The Bertz CT molecular complexity index is 665. The number of hydrogen-bond acceptors (Lipinski definition) is 4. The number of nitrogens with one attached hydrogen (secondary N) is 2. The summed E-state index contributed by atoms with van der Waals surface area (Å²) >= 11 is 0. The maximum atomic E-state index is 13.6. The van der Waals surface area contributed by atoms with Crippen LogP contribution in [0.25, 0.3) is 0 Å². The first-order valence-electron chi connectivity index (χ1n) is 10.7. The Labute approximate surface area is 199 Å². The first-order chi connectivity index (χ1) is 14.3. The molecule has 1 unspecified atom stereocenters. The highest BCUT2D eigenvalue weighted by atomic mass is 127. The summed E-state index contributed by atoms with van der Waals surface area (Å²) in [4.78, 5) is 8.09. The lowest BCUT2D eigenvalue weighted by molar-refractivity contribution is -0.272. The number of aliphatic hydroxyl groups is 1. The van der Waals surface area contributed by atoms with Crippen molar-refractivity contribution < 1.29 is 23.0 Å². The quantitative estimate of drug-likeness (QED) is 0.177. The van der Waals surface area contributed by atoms with Crippen molar-refractivity contribution in [2.24, 2.45) is 12.0 Å². The van der Waals surface area contributed by atoms with E-state index < -0.39 is 24.0 Å². The molecule has 31 heavy (non-hydrogen) atoms. The van der Waals surface area contributed by atoms with Crippen LogP contribution in [0, 0.1) is 0 Å². The van der Waals surface area contributed by atoms with Gasteiger partial charge in [0.25, 0.3) is 0 Å². The Morgan fingerprint density at radius 2 is 2.00 bits per heavy atom. The summed E-state index contributed by atoms with van der Waals surface area (Å²) in [7, 11) is 1.42. The molecule has 11 heteroatoms. The van der Waals surface area contributed by atoms with E-state index in [-0.39, 0.29) is 30.5 Å². The van der Waals surface area contributed by atoms with Gasteiger partial charge in [-0.1, -0.05) is 19.3 Å². The number of hydrogen-bond donors (Lipinski definition) is 3. The van der Waals surface area contributed by atoms with E-state index in [1.807, 2.05) is 6.92 Å². The van der Waals surface area contributed by atoms with Crippen LogP contribution in [0.1, 0.15) is 57.7 Å². The number of guanidine groups is 1. The largest absolute Gasteiger partial charge is 0.424 e. The van der Waals surface area contributed by atoms with Crippen molar-refractivity contribution in [1.29, 1.82) is 0 Å². The highest BCUT2D eigenvalue weighted by molar-refractivity contribution is 14.0. The van der Waals surface area contributed by atoms with Crippen LogP contribution in [0.4, 0.5) is 13.2 Å². The van der Waals surface area contributed by atoms with Crippen LogP contribution >= 0.6 is 24.0 Å². The van der Waals surface area contributed by atoms with Crippen LogP contribution in [0.5, 0.6) is 0 Å². The van der Waals surface area contributed by atoms with Crippen molar-refractivity contribution in [3.05, 3.63) is 18.2 Å². The van der Waals surface area contributed by atoms with E-state index >= 15 is 0 Å². The maximum Gasteiger partial charge on any atom is 0.424 e. The van der Waals surface area contributed by atoms with Gasteiger partial charge < -0.3 is 25.0 Å². The van der Waals surface area contributed by atoms with Gasteiger partial charge in [0.05, 0.1) is 6.10 Å². The molecule has 0 aliphatic heterocycles. The number of aliphatic imine (C=N–C) groups is 1. The molecular formula is C20H35F3IN5O2. The number of halogens is 4. The van der Waals surface area contributed by atoms with Crippen molar-refractivity contribution in [1.82, 2.24) is 20.2 Å². The smallest absolute Gasteiger partial charge is 0.378 e. The summed E-state index contributed by atoms with van der Waals surface area (Å²) in [5, 5.41) is 16.3. The first-order valence-corrected chi connectivity index (χ1v) is 10.7. The lowest BCUT2D eigenvalue weighted by Gasteiger charge is -2.30. The molecule has 1 aliphatic carbocycles. The third-order valence-corrected chi connectivity index (χ3v) is 5.26. The molecule has 1 atom stereocenters. The summed E-state index contributed by atoms with van der Waals surface area (Å²) in [6.07, 6.45) is 4.23. The second-order valence-corrected chi connectivity index (χ2v) is 7.64. The maximum absolute atomic E-state index is 13.6. The van der Waals surface area contributed by atoms with E-state index in [2.05, 4.69) is 20.6 Å². The number of aromatic nitrogens is 2. The highest BCUT2D eigenvalue weighted by Crippen LogP contribution is 2.40. The second-order valence-electron chi connectivity index (χ2n) is 7.64. The minimum Gasteiger partial charge on any atom is -0.378 e. The second kappa shape index (κ2) is 13.5. The van der Waals surface area contributed by atoms with Crippen LogP contribution < -0.4 is 10.6 Å². The molecule has 7 nitrogen and oxygen atoms in total. The molecule has 3 N–H and O–H groups in total. The zero-order chi connectivity index (χ0) is 22.0. The molecule has 1 aliphatic rings. The molecule has 1 heterocycles. The van der Waals surface area contributed by atoms with Crippen molar-refractivity contribution in [3.63, 3.8) is 0 Å². The Kier molecular flexibility index (Phi) is 12.1. The number of rotatable bonds is 10. The normalized spacial score (nSPS) is 17.7. The Hall–Kier alpha value is -1.08. The number of aryl methyl sites for hydroxylation is 1. The van der Waals surface area contributed by atoms with Gasteiger partial charge >= 0.3 is 6.18 Å². The number of imidazole rings is 1. The van der Waals surface area contributed by atoms with Crippen LogP contribution in [0.3, 0.4) is 0 Å². The van der Waals surface area contributed by atoms with Gasteiger partial charge in [0.15, 0.2) is 5.96 Å². The summed E-state index contributed by atoms with van der Waals surface area (Å²) in [5.74, 6) is -0.0156. The molecular weight excluding hydrogens is 526 g/mol. The molecule has 1 saturated carbocycles. The van der Waals surface area contributed by atoms with E-state index in [4.69, 9.17) is 4.74 Å². The Morgan fingerprint density at radius 3 is 2.58 bits per heavy atom. The summed E-state index contributed by atoms with van der Waals surface area (Å²) in [6.45, 7) is 3.47. The van der Waals surface area contributed by atoms with E-state index in [1.54, 1.807) is 0 Å². The SMILES string of the molecule is CCNC(=NCCCOC1CCCCC1)NCCC(O)(c1nccn1C)C(F)(F)F.I. The monoisotopic (exact) mass is 561 g/mol. The molecule has 0 saturated heterocycles. The molecule has 1 aromatic rings. The predicted octanol–water partition coefficient (Wildman–Crippen LogP) is 3.47. The van der Waals surface area contributed by atoms with Gasteiger partial charge in [-0.25, -0.2) is 4.98 Å². The highest BCUT2D eigenvalue weighted by Gasteiger charge is 2.57. The van der Waals surface area contributed by atoms with E-state index in [1.165, 1.54) is 43.3 Å². The third-order valence-electron chi connectivity index (χ3n) is 5.26. The summed E-state index contributed by atoms with van der Waals surface area (Å²) in [5.41, 5.74) is -3.04. The van der Waals surface area contributed by atoms with Gasteiger partial charge in [0.1, 0.15) is 5.82 Å². The van der Waals surface area contributed by atoms with Gasteiger partial charge in [-0.05, 0) is 26.2 Å². The fraction of sp³-hybridized carbons (Fsp3) is 0.800. The molecule has 1 fully saturated rings. The first kappa shape index (κ1) is 28.0. The molecule has 1 aromatic heterocycles. The third kappa shape index (κ3) is 8.41. The molecule has 0 amide bonds. The molecule has 0 radical (unpaired) electrons. The van der Waals surface area contributed by atoms with Gasteiger partial charge in [0, 0.05) is 52.1 Å². The van der Waals surface area contributed by atoms with Gasteiger partial charge in [-0.15, -0.1) is 24.0 Å². The number of ether oxygens (including phenoxy) is 1. The van der Waals surface area contributed by atoms with Crippen molar-refractivity contribution in [2.45, 2.75) is 69.8 Å². The van der Waals surface area contributed by atoms with Crippen molar-refractivity contribution >= 4 is 29.9 Å². The topological polar surface area (TPSA) is 83.7 Å². The van der Waals surface area contributed by atoms with Crippen LogP contribution in [-0.4, -0.2) is 59.1 Å². The van der Waals surface area contributed by atoms with Gasteiger partial charge in [-0.3, -0.25) is 4.99 Å². The minimum atomic E-state index is -4.85. The Balaban J connectivity index is 0.00000480. The zero-order valence-corrected chi connectivity index (χ0v) is 20.6. The van der Waals surface area contributed by atoms with Gasteiger partial charge in [-0.2, -0.15) is 13.2 Å². The zero-order valence-electron chi connectivity index (χ0n) is 18.2. The average molecular weight is 561 g/mol. The van der Waals surface area contributed by atoms with Crippen LogP contribution in [0.2, 0.25) is 0 Å². The molecule has 0 aromatic carbocycles. The number of alkyl halides is 3. The van der Waals surface area contributed by atoms with E-state index in [9.17, 15) is 18.3 Å². The van der Waals surface area contributed by atoms with E-state index in [0.717, 1.165) is 19.3 Å². The lowest BCUT2D eigenvalue weighted by Crippen LogP contribution is -2.48. The molecule has 0 bridgehead atoms. The van der Waals surface area contributed by atoms with Crippen molar-refractivity contribution in [2.75, 3.05) is 26.2 Å². The molecule has 180 valence electrons. The van der Waals surface area contributed by atoms with E-state index in [0.29, 0.717) is 31.8 Å². The fourth-order valence-electron chi connectivity index (χ4n) is 3.59. The lowest BCUT2D eigenvalue weighted by atomic mass is 9.97. The van der Waals surface area contributed by atoms with Crippen LogP contribution in [-0.2, 0) is 17.4 Å². The fourth-order valence-corrected chi connectivity index (χ4v) is 3.59. The van der Waals surface area contributed by atoms with Gasteiger partial charge in [0.2, 0.25) is 5.60 Å². The average Bonchev–Trinajstić information content (AvgIpc) is 3.14. The summed E-state index contributed by atoms with van der Waals surface area (Å²) in [6, 6.07) is 0. The predicted molar refractivity (Wildman–Crippen MR) is 125 cm³/mol. The summed E-state index contributed by atoms with van der Waals surface area (Å²) < 4.78 is 47.8. The Morgan fingerprint density at radius 1 is 1.29 bits per heavy atom. The minimum absolute atomic E-state index is 0. The number of nitrogens with zero attached hydrogens (tertiary/aromatic N) is 3. The standard InChI is InChI=1S/C20H34F3N5O2.HI/c1-3-24-18(26-11-7-15-30-16-8-5-4-6-9-16)27-12-10-19(29,20(21,22)23)17-25-13-14-28(17)2;/h13-14,16,29H,3-12,15H2,1-2H3,(H2,24,26,27);1H. The molecule has 0 spiro atoms. The van der Waals surface area contributed by atoms with Crippen molar-refractivity contribution in [3.8, 4) is 0 Å².